The Morgan fingerprint density at radius 2 is 1.78 bits per heavy atom. The lowest BCUT2D eigenvalue weighted by Gasteiger charge is -2.21. The Hall–Kier alpha value is -0.790. The average molecular weight is 311 g/mol. The average Bonchev–Trinajstić information content (AvgIpc) is 2.12. The molecule has 18 heavy (non-hydrogen) atoms. The summed E-state index contributed by atoms with van der Waals surface area (Å²) in [5.41, 5.74) is -0.569. The number of ether oxygens (including phenoxy) is 1. The summed E-state index contributed by atoms with van der Waals surface area (Å²) in [4.78, 5) is 22.7. The lowest BCUT2D eigenvalue weighted by molar-refractivity contribution is -0.152. The van der Waals surface area contributed by atoms with Gasteiger partial charge in [0.05, 0.1) is 0 Å². The summed E-state index contributed by atoms with van der Waals surface area (Å²) in [6.07, 6.45) is 0. The molecule has 0 aromatic carbocycles. The van der Waals surface area contributed by atoms with E-state index in [4.69, 9.17) is 27.9 Å². The Labute approximate surface area is 120 Å². The molecule has 0 spiro atoms. The van der Waals surface area contributed by atoms with Crippen molar-refractivity contribution in [2.75, 3.05) is 10.8 Å². The van der Waals surface area contributed by atoms with Crippen LogP contribution in [-0.2, 0) is 9.53 Å². The molecule has 0 atom stereocenters. The van der Waals surface area contributed by atoms with Crippen LogP contribution < -0.4 is 4.31 Å². The minimum Gasteiger partial charge on any atom is -0.459 e. The predicted octanol–water partition coefficient (Wildman–Crippen LogP) is 2.17. The number of thiol groups is 1. The third-order valence-corrected chi connectivity index (χ3v) is 2.16. The zero-order valence-electron chi connectivity index (χ0n) is 10.0. The number of hydrogen-bond donors (Lipinski definition) is 1. The summed E-state index contributed by atoms with van der Waals surface area (Å²) in [7, 11) is 0. The molecule has 0 saturated heterocycles. The molecule has 9 heteroatoms. The zero-order chi connectivity index (χ0) is 13.9. The van der Waals surface area contributed by atoms with Gasteiger partial charge in [-0.15, -0.1) is 0 Å². The van der Waals surface area contributed by atoms with Crippen molar-refractivity contribution in [1.82, 2.24) is 15.0 Å². The van der Waals surface area contributed by atoms with E-state index in [1.165, 1.54) is 4.31 Å². The standard InChI is InChI=1S/C9H12Cl2N4O2S/c1-9(2,3)17-5(16)4-15(18)8-13-6(10)12-7(11)14-8/h18H,4H2,1-3H3. The van der Waals surface area contributed by atoms with Crippen molar-refractivity contribution in [3.05, 3.63) is 10.6 Å². The number of aromatic nitrogens is 3. The molecule has 0 N–H and O–H groups in total. The Balaban J connectivity index is 2.70. The second-order valence-corrected chi connectivity index (χ2v) is 5.48. The van der Waals surface area contributed by atoms with E-state index in [9.17, 15) is 4.79 Å². The van der Waals surface area contributed by atoms with Crippen LogP contribution >= 0.6 is 36.0 Å². The molecular weight excluding hydrogens is 299 g/mol. The van der Waals surface area contributed by atoms with Gasteiger partial charge in [0.25, 0.3) is 0 Å². The molecule has 1 heterocycles. The third-order valence-electron chi connectivity index (χ3n) is 1.50. The maximum absolute atomic E-state index is 11.6. The zero-order valence-corrected chi connectivity index (χ0v) is 12.4. The molecule has 1 rings (SSSR count). The smallest absolute Gasteiger partial charge is 0.327 e. The largest absolute Gasteiger partial charge is 0.459 e. The maximum Gasteiger partial charge on any atom is 0.327 e. The molecule has 0 aliphatic rings. The lowest BCUT2D eigenvalue weighted by atomic mass is 10.2. The Morgan fingerprint density at radius 1 is 1.28 bits per heavy atom. The fourth-order valence-corrected chi connectivity index (χ4v) is 1.56. The number of rotatable bonds is 3. The van der Waals surface area contributed by atoms with Gasteiger partial charge in [-0.05, 0) is 44.0 Å². The van der Waals surface area contributed by atoms with Crippen molar-refractivity contribution in [2.45, 2.75) is 26.4 Å². The highest BCUT2D eigenvalue weighted by Gasteiger charge is 2.19. The normalized spacial score (nSPS) is 11.2. The summed E-state index contributed by atoms with van der Waals surface area (Å²) in [6.45, 7) is 5.16. The molecule has 1 aromatic heterocycles. The molecule has 1 aromatic rings. The van der Waals surface area contributed by atoms with Crippen molar-refractivity contribution in [3.8, 4) is 0 Å². The molecule has 0 radical (unpaired) electrons. The molecule has 0 unspecified atom stereocenters. The van der Waals surface area contributed by atoms with E-state index in [1.54, 1.807) is 20.8 Å². The summed E-state index contributed by atoms with van der Waals surface area (Å²) in [5, 5.41) is -0.151. The first-order valence-corrected chi connectivity index (χ1v) is 6.08. The van der Waals surface area contributed by atoms with E-state index >= 15 is 0 Å². The van der Waals surface area contributed by atoms with Gasteiger partial charge in [0, 0.05) is 0 Å². The van der Waals surface area contributed by atoms with E-state index in [2.05, 4.69) is 27.8 Å². The van der Waals surface area contributed by atoms with Crippen LogP contribution in [0.15, 0.2) is 0 Å². The van der Waals surface area contributed by atoms with Crippen LogP contribution in [0.4, 0.5) is 5.95 Å². The SMILES string of the molecule is CC(C)(C)OC(=O)CN(S)c1nc(Cl)nc(Cl)n1. The second-order valence-electron chi connectivity index (χ2n) is 4.32. The predicted molar refractivity (Wildman–Crippen MR) is 72.0 cm³/mol. The first-order valence-electron chi connectivity index (χ1n) is 4.93. The maximum atomic E-state index is 11.6. The van der Waals surface area contributed by atoms with Crippen LogP contribution in [0.2, 0.25) is 10.6 Å². The van der Waals surface area contributed by atoms with Gasteiger partial charge in [-0.2, -0.15) is 15.0 Å². The van der Waals surface area contributed by atoms with Crippen molar-refractivity contribution >= 4 is 47.9 Å². The number of halogens is 2. The Kier molecular flexibility index (Phi) is 5.01. The molecule has 100 valence electrons. The minimum absolute atomic E-state index is 0.0757. The number of nitrogens with zero attached hydrogens (tertiary/aromatic N) is 4. The second kappa shape index (κ2) is 5.90. The van der Waals surface area contributed by atoms with Gasteiger partial charge >= 0.3 is 5.97 Å². The van der Waals surface area contributed by atoms with Crippen molar-refractivity contribution in [1.29, 1.82) is 0 Å². The van der Waals surface area contributed by atoms with E-state index in [1.807, 2.05) is 0 Å². The van der Waals surface area contributed by atoms with Crippen molar-refractivity contribution < 1.29 is 9.53 Å². The molecule has 6 nitrogen and oxygen atoms in total. The highest BCUT2D eigenvalue weighted by Crippen LogP contribution is 2.16. The summed E-state index contributed by atoms with van der Waals surface area (Å²) >= 11 is 15.3. The quantitative estimate of drug-likeness (QED) is 0.681. The molecular formula is C9H12Cl2N4O2S. The van der Waals surface area contributed by atoms with Crippen LogP contribution in [0.25, 0.3) is 0 Å². The van der Waals surface area contributed by atoms with Crippen LogP contribution in [-0.4, -0.2) is 33.1 Å². The van der Waals surface area contributed by atoms with Gasteiger partial charge < -0.3 is 4.74 Å². The topological polar surface area (TPSA) is 68.2 Å². The van der Waals surface area contributed by atoms with E-state index in [-0.39, 0.29) is 23.1 Å². The van der Waals surface area contributed by atoms with Crippen LogP contribution in [0.5, 0.6) is 0 Å². The molecule has 0 bridgehead atoms. The van der Waals surface area contributed by atoms with Crippen molar-refractivity contribution in [3.63, 3.8) is 0 Å². The van der Waals surface area contributed by atoms with Gasteiger partial charge in [0.2, 0.25) is 16.5 Å². The van der Waals surface area contributed by atoms with Gasteiger partial charge in [-0.1, -0.05) is 12.8 Å². The number of anilines is 1. The lowest BCUT2D eigenvalue weighted by Crippen LogP contribution is -2.31. The van der Waals surface area contributed by atoms with Gasteiger partial charge in [-0.25, -0.2) is 0 Å². The Bertz CT molecular complexity index is 432. The van der Waals surface area contributed by atoms with Gasteiger partial charge in [0.15, 0.2) is 0 Å². The van der Waals surface area contributed by atoms with Crippen LogP contribution in [0.3, 0.4) is 0 Å². The Morgan fingerprint density at radius 3 is 2.22 bits per heavy atom. The van der Waals surface area contributed by atoms with Crippen LogP contribution in [0, 0.1) is 0 Å². The van der Waals surface area contributed by atoms with Gasteiger partial charge in [0.1, 0.15) is 12.1 Å². The van der Waals surface area contributed by atoms with Crippen molar-refractivity contribution in [2.24, 2.45) is 0 Å². The summed E-state index contributed by atoms with van der Waals surface area (Å²) < 4.78 is 6.30. The molecule has 0 saturated carbocycles. The molecule has 0 aliphatic heterocycles. The minimum atomic E-state index is -0.569. The summed E-state index contributed by atoms with van der Waals surface area (Å²) in [5.74, 6) is -0.389. The molecule has 0 amide bonds. The first-order chi connectivity index (χ1) is 8.17. The highest BCUT2D eigenvalue weighted by atomic mass is 35.5. The fraction of sp³-hybridized carbons (Fsp3) is 0.556. The fourth-order valence-electron chi connectivity index (χ4n) is 0.998. The number of carbonyl (C=O) groups is 1. The molecule has 0 aliphatic carbocycles. The van der Waals surface area contributed by atoms with Crippen LogP contribution in [0.1, 0.15) is 20.8 Å². The van der Waals surface area contributed by atoms with Gasteiger partial charge in [-0.3, -0.25) is 9.10 Å². The molecule has 0 fully saturated rings. The van der Waals surface area contributed by atoms with E-state index in [0.717, 1.165) is 0 Å². The monoisotopic (exact) mass is 310 g/mol. The first kappa shape index (κ1) is 15.3. The summed E-state index contributed by atoms with van der Waals surface area (Å²) in [6, 6.07) is 0. The number of carbonyl (C=O) groups excluding carboxylic acids is 1. The number of hydrogen-bond acceptors (Lipinski definition) is 7. The number of esters is 1. The third kappa shape index (κ3) is 5.24. The highest BCUT2D eigenvalue weighted by molar-refractivity contribution is 7.81. The van der Waals surface area contributed by atoms with E-state index in [0.29, 0.717) is 0 Å². The van der Waals surface area contributed by atoms with E-state index < -0.39 is 11.6 Å².